The molecule has 4 rings (SSSR count). The molecule has 1 N–H and O–H groups in total. The summed E-state index contributed by atoms with van der Waals surface area (Å²) in [5.74, 6) is -2.80. The number of hydrogen-bond donors (Lipinski definition) is 1. The van der Waals surface area contributed by atoms with E-state index < -0.39 is 42.2 Å². The number of ether oxygens (including phenoxy) is 3. The number of nitrogens with one attached hydrogen (secondary N) is 1. The van der Waals surface area contributed by atoms with Crippen molar-refractivity contribution >= 4 is 35.1 Å². The summed E-state index contributed by atoms with van der Waals surface area (Å²) in [6, 6.07) is 4.27. The molecule has 184 valence electrons. The van der Waals surface area contributed by atoms with E-state index in [1.54, 1.807) is 19.9 Å². The first-order chi connectivity index (χ1) is 16.5. The van der Waals surface area contributed by atoms with Crippen LogP contribution in [0.1, 0.15) is 31.0 Å². The molecule has 3 atom stereocenters. The standard InChI is InChI=1S/C23H20ClF2N3O6/c1-4-33-21(31)19-18(11(2)13-7-8-27-17(24)10-13)20(30)29(19)22(32)28-12(3)14-5-6-15-16(9-14)35-23(25,26)34-15/h5-10,12,18-19H,2,4H2,1,3H3,(H,28,32)/t12-,18-,19+/m1/s1. The molecule has 1 aromatic carbocycles. The fourth-order valence-electron chi connectivity index (χ4n) is 3.88. The Balaban J connectivity index is 1.52. The van der Waals surface area contributed by atoms with Crippen LogP contribution in [0, 0.1) is 5.92 Å². The lowest BCUT2D eigenvalue weighted by atomic mass is 9.79. The van der Waals surface area contributed by atoms with Crippen LogP contribution in [-0.2, 0) is 14.3 Å². The summed E-state index contributed by atoms with van der Waals surface area (Å²) in [6.07, 6.45) is -2.35. The van der Waals surface area contributed by atoms with Gasteiger partial charge in [-0.1, -0.05) is 24.2 Å². The normalized spacial score (nSPS) is 20.6. The molecule has 12 heteroatoms. The van der Waals surface area contributed by atoms with Crippen molar-refractivity contribution in [2.75, 3.05) is 6.61 Å². The van der Waals surface area contributed by atoms with Gasteiger partial charge < -0.3 is 19.5 Å². The number of amides is 3. The second-order valence-corrected chi connectivity index (χ2v) is 8.21. The highest BCUT2D eigenvalue weighted by atomic mass is 35.5. The highest BCUT2D eigenvalue weighted by molar-refractivity contribution is 6.29. The summed E-state index contributed by atoms with van der Waals surface area (Å²) in [6.45, 7) is 7.13. The first-order valence-electron chi connectivity index (χ1n) is 10.5. The molecular formula is C23H20ClF2N3O6. The van der Waals surface area contributed by atoms with E-state index in [0.717, 1.165) is 4.90 Å². The molecule has 35 heavy (non-hydrogen) atoms. The number of urea groups is 1. The highest BCUT2D eigenvalue weighted by Crippen LogP contribution is 2.42. The van der Waals surface area contributed by atoms with Crippen molar-refractivity contribution in [3.8, 4) is 11.5 Å². The Bertz CT molecular complexity index is 1220. The smallest absolute Gasteiger partial charge is 0.464 e. The van der Waals surface area contributed by atoms with Gasteiger partial charge in [-0.2, -0.15) is 0 Å². The van der Waals surface area contributed by atoms with Crippen LogP contribution < -0.4 is 14.8 Å². The fraction of sp³-hybridized carbons (Fsp3) is 0.304. The second kappa shape index (κ2) is 9.14. The Morgan fingerprint density at radius 2 is 2.00 bits per heavy atom. The number of imide groups is 1. The van der Waals surface area contributed by atoms with E-state index in [2.05, 4.69) is 26.4 Å². The first kappa shape index (κ1) is 24.4. The zero-order valence-corrected chi connectivity index (χ0v) is 19.3. The summed E-state index contributed by atoms with van der Waals surface area (Å²) >= 11 is 5.92. The maximum absolute atomic E-state index is 13.3. The Hall–Kier alpha value is -3.73. The number of alkyl halides is 2. The van der Waals surface area contributed by atoms with Crippen molar-refractivity contribution in [1.29, 1.82) is 0 Å². The number of carbonyl (C=O) groups is 3. The SMILES string of the molecule is C=C(c1ccnc(Cl)c1)[C@H]1C(=O)N(C(=O)N[C@H](C)c2ccc3c(c2)OC(F)(F)O3)[C@@H]1C(=O)OCC. The van der Waals surface area contributed by atoms with Crippen molar-refractivity contribution in [2.45, 2.75) is 32.2 Å². The predicted molar refractivity (Wildman–Crippen MR) is 119 cm³/mol. The van der Waals surface area contributed by atoms with Gasteiger partial charge in [0.1, 0.15) is 5.15 Å². The van der Waals surface area contributed by atoms with Crippen LogP contribution in [0.4, 0.5) is 13.6 Å². The molecule has 2 aliphatic rings. The van der Waals surface area contributed by atoms with Gasteiger partial charge in [0.2, 0.25) is 5.91 Å². The van der Waals surface area contributed by atoms with Crippen LogP contribution in [-0.4, -0.2) is 46.7 Å². The molecule has 0 unspecified atom stereocenters. The Morgan fingerprint density at radius 3 is 2.69 bits per heavy atom. The Morgan fingerprint density at radius 1 is 1.29 bits per heavy atom. The lowest BCUT2D eigenvalue weighted by Gasteiger charge is -2.44. The van der Waals surface area contributed by atoms with E-state index in [1.165, 1.54) is 30.5 Å². The molecule has 0 spiro atoms. The van der Waals surface area contributed by atoms with Gasteiger partial charge in [-0.3, -0.25) is 4.79 Å². The predicted octanol–water partition coefficient (Wildman–Crippen LogP) is 3.93. The van der Waals surface area contributed by atoms with Gasteiger partial charge in [0.15, 0.2) is 17.5 Å². The molecule has 0 radical (unpaired) electrons. The maximum Gasteiger partial charge on any atom is 0.586 e. The van der Waals surface area contributed by atoms with Crippen molar-refractivity contribution < 1.29 is 37.4 Å². The third-order valence-electron chi connectivity index (χ3n) is 5.58. The van der Waals surface area contributed by atoms with Crippen LogP contribution in [0.5, 0.6) is 11.5 Å². The summed E-state index contributed by atoms with van der Waals surface area (Å²) in [5.41, 5.74) is 1.18. The highest BCUT2D eigenvalue weighted by Gasteiger charge is 2.57. The van der Waals surface area contributed by atoms with Crippen LogP contribution in [0.2, 0.25) is 5.15 Å². The average molecular weight is 508 g/mol. The molecule has 3 amide bonds. The zero-order chi connectivity index (χ0) is 25.5. The van der Waals surface area contributed by atoms with Crippen LogP contribution in [0.25, 0.3) is 5.57 Å². The van der Waals surface area contributed by atoms with Crippen LogP contribution >= 0.6 is 11.6 Å². The largest absolute Gasteiger partial charge is 0.586 e. The van der Waals surface area contributed by atoms with Gasteiger partial charge in [-0.05, 0) is 54.8 Å². The number of aromatic nitrogens is 1. The first-order valence-corrected chi connectivity index (χ1v) is 10.9. The number of β-lactam (4-membered cyclic amide) rings is 1. The fourth-order valence-corrected chi connectivity index (χ4v) is 4.05. The van der Waals surface area contributed by atoms with E-state index in [4.69, 9.17) is 16.3 Å². The number of benzene rings is 1. The minimum atomic E-state index is -3.78. The second-order valence-electron chi connectivity index (χ2n) is 7.82. The van der Waals surface area contributed by atoms with Crippen LogP contribution in [0.15, 0.2) is 43.1 Å². The third-order valence-corrected chi connectivity index (χ3v) is 5.79. The Labute approximate surface area is 203 Å². The van der Waals surface area contributed by atoms with Crippen molar-refractivity contribution in [3.63, 3.8) is 0 Å². The van der Waals surface area contributed by atoms with Crippen molar-refractivity contribution in [3.05, 3.63) is 59.4 Å². The van der Waals surface area contributed by atoms with E-state index in [0.29, 0.717) is 11.1 Å². The maximum atomic E-state index is 13.3. The summed E-state index contributed by atoms with van der Waals surface area (Å²) in [4.78, 5) is 43.3. The molecule has 0 saturated carbocycles. The summed E-state index contributed by atoms with van der Waals surface area (Å²) < 4.78 is 40.5. The average Bonchev–Trinajstić information content (AvgIpc) is 3.10. The summed E-state index contributed by atoms with van der Waals surface area (Å²) in [5, 5.41) is 2.76. The molecule has 9 nitrogen and oxygen atoms in total. The molecular weight excluding hydrogens is 488 g/mol. The zero-order valence-electron chi connectivity index (χ0n) is 18.6. The lowest BCUT2D eigenvalue weighted by Crippen LogP contribution is -2.68. The van der Waals surface area contributed by atoms with E-state index in [9.17, 15) is 23.2 Å². The molecule has 3 heterocycles. The van der Waals surface area contributed by atoms with Gasteiger partial charge in [-0.15, -0.1) is 8.78 Å². The number of nitrogens with zero attached hydrogens (tertiary/aromatic N) is 2. The number of pyridine rings is 1. The molecule has 0 bridgehead atoms. The number of likely N-dealkylation sites (tertiary alicyclic amines) is 1. The molecule has 1 fully saturated rings. The molecule has 1 aromatic heterocycles. The summed E-state index contributed by atoms with van der Waals surface area (Å²) in [7, 11) is 0. The molecule has 1 saturated heterocycles. The van der Waals surface area contributed by atoms with E-state index in [-0.39, 0.29) is 28.8 Å². The van der Waals surface area contributed by atoms with Gasteiger partial charge in [0.25, 0.3) is 0 Å². The number of hydrogen-bond acceptors (Lipinski definition) is 7. The van der Waals surface area contributed by atoms with Gasteiger partial charge in [0, 0.05) is 6.20 Å². The van der Waals surface area contributed by atoms with Crippen LogP contribution in [0.3, 0.4) is 0 Å². The van der Waals surface area contributed by atoms with Crippen molar-refractivity contribution in [2.24, 2.45) is 5.92 Å². The third kappa shape index (κ3) is 4.63. The number of halogens is 3. The molecule has 2 aromatic rings. The van der Waals surface area contributed by atoms with E-state index >= 15 is 0 Å². The molecule has 2 aliphatic heterocycles. The minimum Gasteiger partial charge on any atom is -0.464 e. The number of carbonyl (C=O) groups excluding carboxylic acids is 3. The van der Waals surface area contributed by atoms with Crippen molar-refractivity contribution in [1.82, 2.24) is 15.2 Å². The number of rotatable bonds is 6. The van der Waals surface area contributed by atoms with Gasteiger partial charge in [0.05, 0.1) is 18.6 Å². The topological polar surface area (TPSA) is 107 Å². The Kier molecular flexibility index (Phi) is 6.37. The monoisotopic (exact) mass is 507 g/mol. The minimum absolute atomic E-state index is 0.0392. The lowest BCUT2D eigenvalue weighted by molar-refractivity contribution is -0.286. The van der Waals surface area contributed by atoms with Gasteiger partial charge in [-0.25, -0.2) is 19.5 Å². The van der Waals surface area contributed by atoms with Gasteiger partial charge >= 0.3 is 18.3 Å². The number of esters is 1. The number of fused-ring (bicyclic) bond motifs is 1. The quantitative estimate of drug-likeness (QED) is 0.358. The molecule has 0 aliphatic carbocycles. The van der Waals surface area contributed by atoms with E-state index in [1.807, 2.05) is 0 Å².